The Hall–Kier alpha value is 0.550. The molecule has 0 bridgehead atoms. The van der Waals surface area contributed by atoms with Gasteiger partial charge in [0.05, 0.1) is 6.61 Å². The smallest absolute Gasteiger partial charge is 0.303 e. The third-order valence-corrected chi connectivity index (χ3v) is 4.99. The predicted octanol–water partition coefficient (Wildman–Crippen LogP) is 6.20. The number of unbranched alkanes of at least 4 members (excludes halogenated alkanes) is 13. The van der Waals surface area contributed by atoms with Crippen molar-refractivity contribution >= 4 is 36.9 Å². The van der Waals surface area contributed by atoms with Gasteiger partial charge in [-0.15, -0.1) is 12.6 Å². The Kier molecular flexibility index (Phi) is 17.4. The van der Waals surface area contributed by atoms with Gasteiger partial charge in [-0.1, -0.05) is 89.3 Å². The molecule has 0 fully saturated rings. The Morgan fingerprint density at radius 2 is 1.08 bits per heavy atom. The van der Waals surface area contributed by atoms with Crippen LogP contribution in [0, 0.1) is 0 Å². The summed E-state index contributed by atoms with van der Waals surface area (Å²) in [6, 6.07) is 0. The van der Waals surface area contributed by atoms with Crippen LogP contribution in [0.3, 0.4) is 0 Å². The molecule has 144 valence electrons. The number of phosphoric ester groups is 1. The van der Waals surface area contributed by atoms with E-state index in [2.05, 4.69) is 17.2 Å². The number of rotatable bonds is 18. The van der Waals surface area contributed by atoms with E-state index >= 15 is 0 Å². The summed E-state index contributed by atoms with van der Waals surface area (Å²) in [5.74, 6) is 0. The molecule has 24 heavy (non-hydrogen) atoms. The number of thiocarbonyl (C=S) groups is 1. The molecule has 0 atom stereocenters. The normalized spacial score (nSPS) is 11.8. The van der Waals surface area contributed by atoms with Crippen molar-refractivity contribution in [2.45, 2.75) is 96.3 Å². The van der Waals surface area contributed by atoms with Gasteiger partial charge in [-0.3, -0.25) is 4.52 Å². The zero-order valence-electron chi connectivity index (χ0n) is 14.8. The highest BCUT2D eigenvalue weighted by molar-refractivity contribution is 8.11. The molecule has 0 spiro atoms. The second-order valence-electron chi connectivity index (χ2n) is 6.42. The highest BCUT2D eigenvalue weighted by atomic mass is 32.1. The summed E-state index contributed by atoms with van der Waals surface area (Å²) in [6.45, 7) is 0.158. The lowest BCUT2D eigenvalue weighted by molar-refractivity contribution is 0.193. The first-order valence-electron chi connectivity index (χ1n) is 9.34. The highest BCUT2D eigenvalue weighted by Gasteiger charge is 2.12. The fourth-order valence-corrected chi connectivity index (χ4v) is 3.35. The van der Waals surface area contributed by atoms with E-state index in [1.54, 1.807) is 0 Å². The standard InChI is InChI=1S/C17H35O4PS2/c18-22(19,20)21-16-14-12-10-8-6-4-2-1-3-5-7-9-11-13-15-17(23)24/h1-16H2,(H,23,24)(H2,18,19,20). The van der Waals surface area contributed by atoms with Gasteiger partial charge in [0.15, 0.2) is 0 Å². The Balaban J connectivity index is 3.05. The molecule has 0 unspecified atom stereocenters. The van der Waals surface area contributed by atoms with Crippen LogP contribution in [0.4, 0.5) is 0 Å². The molecule has 0 heterocycles. The quantitative estimate of drug-likeness (QED) is 0.111. The minimum absolute atomic E-state index is 0.158. The monoisotopic (exact) mass is 398 g/mol. The Morgan fingerprint density at radius 3 is 1.42 bits per heavy atom. The molecule has 7 heteroatoms. The molecule has 0 radical (unpaired) electrons. The molecular formula is C17H35O4PS2. The Bertz CT molecular complexity index is 347. The van der Waals surface area contributed by atoms with Crippen molar-refractivity contribution in [2.75, 3.05) is 6.61 Å². The zero-order chi connectivity index (χ0) is 18.1. The van der Waals surface area contributed by atoms with E-state index in [4.69, 9.17) is 22.0 Å². The van der Waals surface area contributed by atoms with E-state index in [9.17, 15) is 4.57 Å². The lowest BCUT2D eigenvalue weighted by Crippen LogP contribution is -1.92. The lowest BCUT2D eigenvalue weighted by Gasteiger charge is -2.05. The van der Waals surface area contributed by atoms with Gasteiger partial charge in [0, 0.05) is 4.20 Å². The summed E-state index contributed by atoms with van der Waals surface area (Å²) in [6.07, 6.45) is 18.1. The first kappa shape index (κ1) is 24.6. The van der Waals surface area contributed by atoms with Crippen molar-refractivity contribution in [3.63, 3.8) is 0 Å². The Labute approximate surface area is 158 Å². The molecule has 0 rings (SSSR count). The third-order valence-electron chi connectivity index (χ3n) is 4.04. The van der Waals surface area contributed by atoms with Crippen molar-refractivity contribution in [1.29, 1.82) is 0 Å². The largest absolute Gasteiger partial charge is 0.469 e. The molecule has 0 aliphatic rings. The SMILES string of the molecule is O=P(O)(O)OCCCCCCCCCCCCCCCCC(=S)S. The molecule has 0 saturated heterocycles. The first-order chi connectivity index (χ1) is 11.4. The molecule has 0 aromatic rings. The van der Waals surface area contributed by atoms with Crippen LogP contribution in [0.25, 0.3) is 0 Å². The minimum atomic E-state index is -4.27. The van der Waals surface area contributed by atoms with Crippen LogP contribution >= 0.6 is 32.7 Å². The first-order valence-corrected chi connectivity index (χ1v) is 11.7. The summed E-state index contributed by atoms with van der Waals surface area (Å²) in [5.41, 5.74) is 0. The molecule has 2 N–H and O–H groups in total. The highest BCUT2D eigenvalue weighted by Crippen LogP contribution is 2.35. The predicted molar refractivity (Wildman–Crippen MR) is 109 cm³/mol. The van der Waals surface area contributed by atoms with E-state index in [1.807, 2.05) is 0 Å². The minimum Gasteiger partial charge on any atom is -0.303 e. The van der Waals surface area contributed by atoms with Crippen molar-refractivity contribution in [1.82, 2.24) is 0 Å². The molecule has 0 amide bonds. The number of thiol groups is 1. The van der Waals surface area contributed by atoms with E-state index in [0.717, 1.165) is 29.9 Å². The fourth-order valence-electron chi connectivity index (χ4n) is 2.68. The van der Waals surface area contributed by atoms with Gasteiger partial charge in [-0.05, 0) is 19.3 Å². The molecular weight excluding hydrogens is 363 g/mol. The maximum atomic E-state index is 10.5. The fraction of sp³-hybridized carbons (Fsp3) is 0.941. The van der Waals surface area contributed by atoms with Crippen LogP contribution in [0.1, 0.15) is 96.3 Å². The van der Waals surface area contributed by atoms with Gasteiger partial charge < -0.3 is 9.79 Å². The van der Waals surface area contributed by atoms with Crippen LogP contribution in [-0.2, 0) is 9.09 Å². The van der Waals surface area contributed by atoms with Crippen molar-refractivity contribution in [3.8, 4) is 0 Å². The van der Waals surface area contributed by atoms with Crippen molar-refractivity contribution < 1.29 is 18.9 Å². The van der Waals surface area contributed by atoms with Gasteiger partial charge in [0.25, 0.3) is 0 Å². The topological polar surface area (TPSA) is 66.8 Å². The second kappa shape index (κ2) is 17.0. The molecule has 0 aromatic carbocycles. The summed E-state index contributed by atoms with van der Waals surface area (Å²) in [5, 5.41) is 0. The maximum absolute atomic E-state index is 10.5. The molecule has 0 aromatic heterocycles. The van der Waals surface area contributed by atoms with Crippen molar-refractivity contribution in [3.05, 3.63) is 0 Å². The zero-order valence-corrected chi connectivity index (χ0v) is 17.4. The van der Waals surface area contributed by atoms with E-state index in [1.165, 1.54) is 70.6 Å². The molecule has 0 aliphatic carbocycles. The number of hydrogen-bond acceptors (Lipinski definition) is 3. The van der Waals surface area contributed by atoms with E-state index < -0.39 is 7.82 Å². The summed E-state index contributed by atoms with van der Waals surface area (Å²) >= 11 is 9.08. The summed E-state index contributed by atoms with van der Waals surface area (Å²) in [4.78, 5) is 17.1. The number of hydrogen-bond donors (Lipinski definition) is 3. The second-order valence-corrected chi connectivity index (χ2v) is 8.99. The van der Waals surface area contributed by atoms with Gasteiger partial charge in [0.2, 0.25) is 0 Å². The van der Waals surface area contributed by atoms with Crippen molar-refractivity contribution in [2.24, 2.45) is 0 Å². The van der Waals surface area contributed by atoms with Gasteiger partial charge in [-0.2, -0.15) is 0 Å². The number of phosphoric acid groups is 1. The van der Waals surface area contributed by atoms with E-state index in [-0.39, 0.29) is 6.61 Å². The summed E-state index contributed by atoms with van der Waals surface area (Å²) in [7, 11) is -4.27. The summed E-state index contributed by atoms with van der Waals surface area (Å²) < 4.78 is 15.7. The van der Waals surface area contributed by atoms with Crippen LogP contribution < -0.4 is 0 Å². The third kappa shape index (κ3) is 22.6. The van der Waals surface area contributed by atoms with Crippen LogP contribution in [0.15, 0.2) is 0 Å². The van der Waals surface area contributed by atoms with Crippen LogP contribution in [-0.4, -0.2) is 20.6 Å². The molecule has 4 nitrogen and oxygen atoms in total. The maximum Gasteiger partial charge on any atom is 0.469 e. The van der Waals surface area contributed by atoms with Gasteiger partial charge in [0.1, 0.15) is 0 Å². The Morgan fingerprint density at radius 1 is 0.750 bits per heavy atom. The van der Waals surface area contributed by atoms with E-state index in [0.29, 0.717) is 0 Å². The van der Waals surface area contributed by atoms with Gasteiger partial charge >= 0.3 is 7.82 Å². The lowest BCUT2D eigenvalue weighted by atomic mass is 10.0. The molecule has 0 saturated carbocycles. The van der Waals surface area contributed by atoms with Gasteiger partial charge in [-0.25, -0.2) is 4.57 Å². The van der Waals surface area contributed by atoms with Crippen LogP contribution in [0.5, 0.6) is 0 Å². The average Bonchev–Trinajstić information content (AvgIpc) is 2.49. The average molecular weight is 399 g/mol. The molecule has 0 aliphatic heterocycles. The van der Waals surface area contributed by atoms with Crippen LogP contribution in [0.2, 0.25) is 0 Å².